The molecule has 0 spiro atoms. The zero-order valence-corrected chi connectivity index (χ0v) is 29.1. The monoisotopic (exact) mass is 711 g/mol. The van der Waals surface area contributed by atoms with E-state index in [0.29, 0.717) is 50.7 Å². The molecule has 3 aliphatic rings. The number of hydrogen-bond acceptors (Lipinski definition) is 5. The van der Waals surface area contributed by atoms with E-state index < -0.39 is 42.8 Å². The first-order valence-electron chi connectivity index (χ1n) is 14.2. The highest BCUT2D eigenvalue weighted by Gasteiger charge is 2.46. The number of fused-ring (bicyclic) bond motifs is 2. The minimum Gasteiger partial charge on any atom is -0.327 e. The molecule has 240 valence electrons. The van der Waals surface area contributed by atoms with Crippen LogP contribution in [0.15, 0.2) is 82.6 Å². The Morgan fingerprint density at radius 3 is 2.13 bits per heavy atom. The van der Waals surface area contributed by atoms with Gasteiger partial charge in [0.1, 0.15) is 0 Å². The van der Waals surface area contributed by atoms with Crippen molar-refractivity contribution in [1.29, 1.82) is 0 Å². The molecule has 0 amide bonds. The molecule has 1 aliphatic carbocycles. The fourth-order valence-electron chi connectivity index (χ4n) is 6.47. The maximum atomic E-state index is 12.0. The van der Waals surface area contributed by atoms with Crippen molar-refractivity contribution in [1.82, 2.24) is 0 Å². The van der Waals surface area contributed by atoms with Crippen LogP contribution in [-0.4, -0.2) is 48.0 Å². The van der Waals surface area contributed by atoms with Crippen LogP contribution in [0.5, 0.6) is 0 Å². The van der Waals surface area contributed by atoms with E-state index in [9.17, 15) is 25.9 Å². The Kier molecular flexibility index (Phi) is 9.02. The van der Waals surface area contributed by atoms with Crippen molar-refractivity contribution in [3.63, 3.8) is 0 Å². The van der Waals surface area contributed by atoms with E-state index in [1.54, 1.807) is 45.9 Å². The number of benzene rings is 2. The van der Waals surface area contributed by atoms with Crippen molar-refractivity contribution in [3.05, 3.63) is 104 Å². The smallest absolute Gasteiger partial charge is 0.326 e. The topological polar surface area (TPSA) is 115 Å². The maximum Gasteiger partial charge on any atom is 0.326 e. The van der Waals surface area contributed by atoms with E-state index in [1.807, 2.05) is 52.0 Å². The zero-order chi connectivity index (χ0) is 33.1. The second-order valence-corrected chi connectivity index (χ2v) is 16.6. The van der Waals surface area contributed by atoms with Gasteiger partial charge in [0.15, 0.2) is 11.6 Å². The first-order chi connectivity index (χ1) is 20.8. The number of anilines is 1. The molecule has 0 saturated heterocycles. The summed E-state index contributed by atoms with van der Waals surface area (Å²) in [6.07, 6.45) is 9.63. The fraction of sp³-hybridized carbons (Fsp3) is 0.344. The van der Waals surface area contributed by atoms with E-state index in [0.717, 1.165) is 28.7 Å². The molecule has 0 bridgehead atoms. The number of halogens is 3. The molecule has 5 rings (SSSR count). The number of allylic oxidation sites excluding steroid dienone is 8. The molecule has 2 aliphatic heterocycles. The van der Waals surface area contributed by atoms with E-state index in [-0.39, 0.29) is 0 Å². The van der Waals surface area contributed by atoms with Crippen molar-refractivity contribution >= 4 is 72.1 Å². The van der Waals surface area contributed by atoms with Crippen LogP contribution in [0.2, 0.25) is 10.0 Å². The lowest BCUT2D eigenvalue weighted by Crippen LogP contribution is -2.30. The Balaban J connectivity index is 1.55. The molecule has 2 heterocycles. The summed E-state index contributed by atoms with van der Waals surface area (Å²) < 4.78 is 69.0. The molecule has 0 atom stereocenters. The van der Waals surface area contributed by atoms with Crippen LogP contribution in [0, 0.1) is 0 Å². The van der Waals surface area contributed by atoms with E-state index in [2.05, 4.69) is 0 Å². The fourth-order valence-corrected chi connectivity index (χ4v) is 8.33. The Hall–Kier alpha value is -2.44. The molecular formula is C32H34Cl3N2O6S2+. The summed E-state index contributed by atoms with van der Waals surface area (Å²) >= 11 is 19.5. The quantitative estimate of drug-likeness (QED) is 0.222. The van der Waals surface area contributed by atoms with Crippen molar-refractivity contribution in [2.45, 2.75) is 57.8 Å². The van der Waals surface area contributed by atoms with Gasteiger partial charge in [0.25, 0.3) is 16.0 Å². The summed E-state index contributed by atoms with van der Waals surface area (Å²) in [4.78, 5) is 1.58. The molecule has 8 nitrogen and oxygen atoms in total. The summed E-state index contributed by atoms with van der Waals surface area (Å²) in [5.41, 5.74) is 4.77. The first kappa shape index (κ1) is 33.9. The molecular weight excluding hydrogens is 679 g/mol. The van der Waals surface area contributed by atoms with Crippen molar-refractivity contribution in [3.8, 4) is 0 Å². The largest absolute Gasteiger partial charge is 0.327 e. The SMILES string of the molecule is CC1(C)C(/C=C/C2=C(Cl)C(=C\C=C3\N(CS(=O)(=O)O)c4ccc(Cl)cc4C3(C)C)/CCC2)=[N+](CS(=O)(=O)O)c2ccc(Cl)cc21. The van der Waals surface area contributed by atoms with Crippen LogP contribution < -0.4 is 4.90 Å². The maximum absolute atomic E-state index is 12.0. The van der Waals surface area contributed by atoms with Gasteiger partial charge in [0.2, 0.25) is 5.69 Å². The third-order valence-electron chi connectivity index (χ3n) is 8.63. The summed E-state index contributed by atoms with van der Waals surface area (Å²) in [5, 5.41) is 1.59. The molecule has 0 fully saturated rings. The van der Waals surface area contributed by atoms with Crippen molar-refractivity contribution in [2.24, 2.45) is 0 Å². The van der Waals surface area contributed by atoms with Crippen LogP contribution >= 0.6 is 34.8 Å². The van der Waals surface area contributed by atoms with Gasteiger partial charge in [0.05, 0.1) is 5.41 Å². The normalized spacial score (nSPS) is 21.4. The average Bonchev–Trinajstić information content (AvgIpc) is 3.23. The lowest BCUT2D eigenvalue weighted by molar-refractivity contribution is -0.416. The molecule has 0 radical (unpaired) electrons. The van der Waals surface area contributed by atoms with Gasteiger partial charge >= 0.3 is 10.1 Å². The predicted octanol–water partition coefficient (Wildman–Crippen LogP) is 7.90. The van der Waals surface area contributed by atoms with Crippen LogP contribution in [0.1, 0.15) is 58.1 Å². The predicted molar refractivity (Wildman–Crippen MR) is 181 cm³/mol. The molecule has 0 unspecified atom stereocenters. The van der Waals surface area contributed by atoms with Crippen LogP contribution in [0.3, 0.4) is 0 Å². The van der Waals surface area contributed by atoms with Crippen molar-refractivity contribution < 1.29 is 30.5 Å². The molecule has 2 aromatic carbocycles. The Labute approximate surface area is 279 Å². The molecule has 2 N–H and O–H groups in total. The standard InChI is InChI=1S/C32H33Cl3N2O6S2/c1-31(2)24-16-22(33)10-12-26(24)36(18-44(38,39)40)28(31)14-8-20-6-5-7-21(30(20)35)9-15-29-32(3,4)25-17-23(34)11-13-27(25)37(29)19-45(41,42)43/h8-17H,5-7,18-19H2,1-4H3,(H-,38,39,40,41,42,43)/p+1. The number of rotatable bonds is 7. The Morgan fingerprint density at radius 1 is 0.844 bits per heavy atom. The second kappa shape index (κ2) is 12.0. The van der Waals surface area contributed by atoms with Gasteiger partial charge in [-0.2, -0.15) is 21.4 Å². The minimum atomic E-state index is -4.35. The van der Waals surface area contributed by atoms with E-state index in [1.165, 1.54) is 0 Å². The molecule has 45 heavy (non-hydrogen) atoms. The van der Waals surface area contributed by atoms with Crippen LogP contribution in [0.4, 0.5) is 11.4 Å². The Morgan fingerprint density at radius 2 is 1.49 bits per heavy atom. The third kappa shape index (κ3) is 6.83. The van der Waals surface area contributed by atoms with Crippen molar-refractivity contribution in [2.75, 3.05) is 16.7 Å². The zero-order valence-electron chi connectivity index (χ0n) is 25.2. The van der Waals surface area contributed by atoms with E-state index in [4.69, 9.17) is 34.8 Å². The number of nitrogens with zero attached hydrogens (tertiary/aromatic N) is 2. The van der Waals surface area contributed by atoms with Crippen LogP contribution in [0.25, 0.3) is 0 Å². The molecule has 13 heteroatoms. The number of hydrogen-bond donors (Lipinski definition) is 2. The van der Waals surface area contributed by atoms with Gasteiger partial charge in [-0.25, -0.2) is 0 Å². The van der Waals surface area contributed by atoms with Gasteiger partial charge in [-0.1, -0.05) is 60.8 Å². The summed E-state index contributed by atoms with van der Waals surface area (Å²) in [6, 6.07) is 10.5. The average molecular weight is 713 g/mol. The molecule has 0 saturated carbocycles. The summed E-state index contributed by atoms with van der Waals surface area (Å²) in [6.45, 7) is 7.86. The molecule has 0 aromatic heterocycles. The first-order valence-corrected chi connectivity index (χ1v) is 18.6. The highest BCUT2D eigenvalue weighted by Crippen LogP contribution is 2.49. The highest BCUT2D eigenvalue weighted by atomic mass is 35.5. The van der Waals surface area contributed by atoms with Crippen LogP contribution in [-0.2, 0) is 31.1 Å². The van der Waals surface area contributed by atoms with Gasteiger partial charge in [0, 0.05) is 49.6 Å². The second-order valence-electron chi connectivity index (χ2n) is 12.5. The lowest BCUT2D eigenvalue weighted by atomic mass is 9.81. The lowest BCUT2D eigenvalue weighted by Gasteiger charge is -2.26. The highest BCUT2D eigenvalue weighted by molar-refractivity contribution is 7.86. The van der Waals surface area contributed by atoms with E-state index >= 15 is 0 Å². The summed E-state index contributed by atoms with van der Waals surface area (Å²) in [7, 11) is -8.70. The van der Waals surface area contributed by atoms with Gasteiger partial charge in [-0.05, 0) is 86.2 Å². The minimum absolute atomic E-state index is 0.521. The molecule has 2 aromatic rings. The van der Waals surface area contributed by atoms with Gasteiger partial charge in [-0.15, -0.1) is 0 Å². The van der Waals surface area contributed by atoms with Gasteiger partial charge in [-0.3, -0.25) is 9.11 Å². The summed E-state index contributed by atoms with van der Waals surface area (Å²) in [5.74, 6) is -1.22. The van der Waals surface area contributed by atoms with Gasteiger partial charge < -0.3 is 4.90 Å². The Bertz CT molecular complexity index is 1970. The third-order valence-corrected chi connectivity index (χ3v) is 10.8.